The molecule has 3 aromatic rings. The van der Waals surface area contributed by atoms with Crippen LogP contribution in [0.1, 0.15) is 82.3 Å². The van der Waals surface area contributed by atoms with Crippen LogP contribution in [0.5, 0.6) is 0 Å². The normalized spacial score (nSPS) is 18.8. The first-order chi connectivity index (χ1) is 15.3. The van der Waals surface area contributed by atoms with E-state index >= 15 is 0 Å². The molecule has 0 N–H and O–H groups in total. The summed E-state index contributed by atoms with van der Waals surface area (Å²) in [4.78, 5) is 0. The number of aryl methyl sites for hydroxylation is 1. The van der Waals surface area contributed by atoms with E-state index in [1.165, 1.54) is 79.2 Å². The molecule has 0 spiro atoms. The zero-order chi connectivity index (χ0) is 21.5. The van der Waals surface area contributed by atoms with E-state index in [-0.39, 0.29) is 0 Å². The predicted octanol–water partition coefficient (Wildman–Crippen LogP) is 9.44. The molecule has 1 aliphatic carbocycles. The lowest BCUT2D eigenvalue weighted by Crippen LogP contribution is -2.13. The molecule has 162 valence electrons. The summed E-state index contributed by atoms with van der Waals surface area (Å²) in [5.41, 5.74) is 8.33. The summed E-state index contributed by atoms with van der Waals surface area (Å²) in [6.07, 6.45) is 12.3. The Bertz CT molecular complexity index is 959. The van der Waals surface area contributed by atoms with Crippen molar-refractivity contribution in [3.63, 3.8) is 0 Å². The van der Waals surface area contributed by atoms with Gasteiger partial charge in [0, 0.05) is 0 Å². The molecular formula is C31H38. The van der Waals surface area contributed by atoms with Gasteiger partial charge in [0.05, 0.1) is 0 Å². The van der Waals surface area contributed by atoms with E-state index < -0.39 is 0 Å². The van der Waals surface area contributed by atoms with Crippen molar-refractivity contribution >= 4 is 0 Å². The van der Waals surface area contributed by atoms with Crippen molar-refractivity contribution in [3.8, 4) is 22.3 Å². The standard InChI is InChI=1S/C31H38/c1-3-5-6-11-25-18-20-26(21-19-25)27-13-10-15-29(23-27)31-17-8-7-16-30(31)28-14-9-12-24(4-2)22-28/h7-10,12-17,22-23,25-26H,3-6,11,18-21H2,1-2H3. The average Bonchev–Trinajstić information content (AvgIpc) is 2.85. The third-order valence-electron chi connectivity index (χ3n) is 7.31. The van der Waals surface area contributed by atoms with Gasteiger partial charge in [-0.3, -0.25) is 0 Å². The summed E-state index contributed by atoms with van der Waals surface area (Å²) in [6.45, 7) is 4.54. The second-order valence-corrected chi connectivity index (χ2v) is 9.44. The van der Waals surface area contributed by atoms with Gasteiger partial charge in [-0.2, -0.15) is 0 Å². The fourth-order valence-electron chi connectivity index (χ4n) is 5.37. The van der Waals surface area contributed by atoms with Crippen LogP contribution in [0.3, 0.4) is 0 Å². The molecule has 0 atom stereocenters. The zero-order valence-corrected chi connectivity index (χ0v) is 19.4. The summed E-state index contributed by atoms with van der Waals surface area (Å²) in [5.74, 6) is 1.70. The molecule has 0 unspecified atom stereocenters. The van der Waals surface area contributed by atoms with Gasteiger partial charge in [-0.25, -0.2) is 0 Å². The molecule has 0 aromatic heterocycles. The maximum absolute atomic E-state index is 2.48. The molecule has 0 bridgehead atoms. The van der Waals surface area contributed by atoms with Crippen LogP contribution in [0.15, 0.2) is 72.8 Å². The largest absolute Gasteiger partial charge is 0.0654 e. The SMILES string of the molecule is CCCCCC1CCC(c2cccc(-c3ccccc3-c3cccc(CC)c3)c2)CC1. The molecular weight excluding hydrogens is 372 g/mol. The lowest BCUT2D eigenvalue weighted by molar-refractivity contribution is 0.303. The summed E-state index contributed by atoms with van der Waals surface area (Å²) in [6, 6.07) is 27.3. The highest BCUT2D eigenvalue weighted by molar-refractivity contribution is 5.83. The lowest BCUT2D eigenvalue weighted by atomic mass is 9.76. The maximum atomic E-state index is 2.48. The van der Waals surface area contributed by atoms with Crippen LogP contribution in [0.4, 0.5) is 0 Å². The highest BCUT2D eigenvalue weighted by Crippen LogP contribution is 2.40. The van der Waals surface area contributed by atoms with Crippen LogP contribution < -0.4 is 0 Å². The van der Waals surface area contributed by atoms with Crippen molar-refractivity contribution in [3.05, 3.63) is 83.9 Å². The number of hydrogen-bond donors (Lipinski definition) is 0. The molecule has 1 saturated carbocycles. The molecule has 0 aliphatic heterocycles. The van der Waals surface area contributed by atoms with E-state index in [9.17, 15) is 0 Å². The third kappa shape index (κ3) is 5.48. The molecule has 31 heavy (non-hydrogen) atoms. The second kappa shape index (κ2) is 10.8. The van der Waals surface area contributed by atoms with Crippen LogP contribution in [-0.4, -0.2) is 0 Å². The van der Waals surface area contributed by atoms with Crippen LogP contribution in [0, 0.1) is 5.92 Å². The van der Waals surface area contributed by atoms with Gasteiger partial charge in [0.15, 0.2) is 0 Å². The Hall–Kier alpha value is -2.34. The Labute approximate surface area is 189 Å². The molecule has 1 fully saturated rings. The second-order valence-electron chi connectivity index (χ2n) is 9.44. The first-order valence-electron chi connectivity index (χ1n) is 12.6. The zero-order valence-electron chi connectivity index (χ0n) is 19.4. The number of unbranched alkanes of at least 4 members (excludes halogenated alkanes) is 2. The van der Waals surface area contributed by atoms with E-state index in [0.29, 0.717) is 0 Å². The number of rotatable bonds is 8. The van der Waals surface area contributed by atoms with Gasteiger partial charge in [0.2, 0.25) is 0 Å². The maximum Gasteiger partial charge on any atom is -0.0105 e. The number of benzene rings is 3. The van der Waals surface area contributed by atoms with Crippen molar-refractivity contribution in [2.24, 2.45) is 5.92 Å². The molecule has 0 saturated heterocycles. The smallest absolute Gasteiger partial charge is 0.0105 e. The van der Waals surface area contributed by atoms with Crippen LogP contribution in [-0.2, 0) is 6.42 Å². The van der Waals surface area contributed by atoms with E-state index in [1.54, 1.807) is 5.56 Å². The van der Waals surface area contributed by atoms with E-state index in [1.807, 2.05) is 0 Å². The molecule has 0 heteroatoms. The number of hydrogen-bond acceptors (Lipinski definition) is 0. The molecule has 0 amide bonds. The summed E-state index contributed by atoms with van der Waals surface area (Å²) in [7, 11) is 0. The molecule has 3 aromatic carbocycles. The minimum Gasteiger partial charge on any atom is -0.0654 e. The highest BCUT2D eigenvalue weighted by Gasteiger charge is 2.22. The Morgan fingerprint density at radius 1 is 0.677 bits per heavy atom. The van der Waals surface area contributed by atoms with Gasteiger partial charge >= 0.3 is 0 Å². The van der Waals surface area contributed by atoms with Crippen LogP contribution in [0.2, 0.25) is 0 Å². The quantitative estimate of drug-likeness (QED) is 0.324. The molecule has 1 aliphatic rings. The summed E-state index contributed by atoms with van der Waals surface area (Å²) >= 11 is 0. The molecule has 4 rings (SSSR count). The Morgan fingerprint density at radius 3 is 2.03 bits per heavy atom. The first kappa shape index (κ1) is 21.9. The van der Waals surface area contributed by atoms with Crippen molar-refractivity contribution in [1.82, 2.24) is 0 Å². The fraction of sp³-hybridized carbons (Fsp3) is 0.419. The van der Waals surface area contributed by atoms with Gasteiger partial charge in [-0.1, -0.05) is 112 Å². The van der Waals surface area contributed by atoms with E-state index in [2.05, 4.69) is 86.6 Å². The molecule has 0 heterocycles. The van der Waals surface area contributed by atoms with Gasteiger partial charge in [-0.05, 0) is 77.3 Å². The third-order valence-corrected chi connectivity index (χ3v) is 7.31. The molecule has 0 radical (unpaired) electrons. The van der Waals surface area contributed by atoms with Crippen LogP contribution in [0.25, 0.3) is 22.3 Å². The summed E-state index contributed by atoms with van der Waals surface area (Å²) in [5, 5.41) is 0. The van der Waals surface area contributed by atoms with E-state index in [4.69, 9.17) is 0 Å². The van der Waals surface area contributed by atoms with Crippen molar-refractivity contribution in [1.29, 1.82) is 0 Å². The fourth-order valence-corrected chi connectivity index (χ4v) is 5.37. The monoisotopic (exact) mass is 410 g/mol. The Kier molecular flexibility index (Phi) is 7.62. The van der Waals surface area contributed by atoms with Crippen molar-refractivity contribution in [2.75, 3.05) is 0 Å². The van der Waals surface area contributed by atoms with Gasteiger partial charge < -0.3 is 0 Å². The van der Waals surface area contributed by atoms with E-state index in [0.717, 1.165) is 18.3 Å². The Morgan fingerprint density at radius 2 is 1.35 bits per heavy atom. The summed E-state index contributed by atoms with van der Waals surface area (Å²) < 4.78 is 0. The predicted molar refractivity (Wildman–Crippen MR) is 136 cm³/mol. The minimum absolute atomic E-state index is 0.734. The van der Waals surface area contributed by atoms with Crippen molar-refractivity contribution in [2.45, 2.75) is 77.6 Å². The topological polar surface area (TPSA) is 0 Å². The average molecular weight is 411 g/mol. The highest BCUT2D eigenvalue weighted by atomic mass is 14.3. The first-order valence-corrected chi connectivity index (χ1v) is 12.6. The Balaban J connectivity index is 1.53. The van der Waals surface area contributed by atoms with Crippen molar-refractivity contribution < 1.29 is 0 Å². The van der Waals surface area contributed by atoms with Crippen LogP contribution >= 0.6 is 0 Å². The van der Waals surface area contributed by atoms with Gasteiger partial charge in [-0.15, -0.1) is 0 Å². The van der Waals surface area contributed by atoms with Gasteiger partial charge in [0.25, 0.3) is 0 Å². The van der Waals surface area contributed by atoms with Gasteiger partial charge in [0.1, 0.15) is 0 Å². The minimum atomic E-state index is 0.734. The molecule has 0 nitrogen and oxygen atoms in total. The lowest BCUT2D eigenvalue weighted by Gasteiger charge is -2.29.